The predicted octanol–water partition coefficient (Wildman–Crippen LogP) is 0.797. The number of hydrogen-bond donors (Lipinski definition) is 3. The molecule has 1 saturated carbocycles. The zero-order valence-electron chi connectivity index (χ0n) is 11.7. The lowest BCUT2D eigenvalue weighted by atomic mass is 10.3. The second-order valence-corrected chi connectivity index (χ2v) is 6.60. The van der Waals surface area contributed by atoms with Crippen LogP contribution in [0.15, 0.2) is 6.07 Å². The highest BCUT2D eigenvalue weighted by atomic mass is 32.1. The van der Waals surface area contributed by atoms with E-state index in [1.807, 2.05) is 6.07 Å². The zero-order chi connectivity index (χ0) is 14.1. The molecule has 0 aromatic carbocycles. The summed E-state index contributed by atoms with van der Waals surface area (Å²) in [7, 11) is 2.13. The topological polar surface area (TPSA) is 73.6 Å². The molecule has 1 aromatic rings. The molecule has 1 amide bonds. The van der Waals surface area contributed by atoms with E-state index in [4.69, 9.17) is 5.73 Å². The molecule has 2 aliphatic rings. The summed E-state index contributed by atoms with van der Waals surface area (Å²) in [6.07, 6.45) is 2.17. The minimum absolute atomic E-state index is 0.0403. The summed E-state index contributed by atoms with van der Waals surface area (Å²) in [5, 5.41) is 6.09. The van der Waals surface area contributed by atoms with Crippen molar-refractivity contribution in [2.24, 2.45) is 0 Å². The lowest BCUT2D eigenvalue weighted by molar-refractivity contribution is 0.0956. The van der Waals surface area contributed by atoms with Gasteiger partial charge in [0.25, 0.3) is 5.91 Å². The van der Waals surface area contributed by atoms with Crippen LogP contribution in [0.1, 0.15) is 22.5 Å². The molecule has 0 unspecified atom stereocenters. The van der Waals surface area contributed by atoms with Crippen molar-refractivity contribution >= 4 is 27.9 Å². The lowest BCUT2D eigenvalue weighted by Crippen LogP contribution is -2.46. The molecule has 110 valence electrons. The highest BCUT2D eigenvalue weighted by Gasteiger charge is 2.26. The second-order valence-electron chi connectivity index (χ2n) is 5.54. The number of nitrogen functional groups attached to an aromatic ring is 1. The van der Waals surface area contributed by atoms with Crippen LogP contribution < -0.4 is 16.5 Å². The van der Waals surface area contributed by atoms with Crippen molar-refractivity contribution in [1.82, 2.24) is 15.2 Å². The Kier molecular flexibility index (Phi) is 3.82. The molecule has 2 fully saturated rings. The minimum Gasteiger partial charge on any atom is -0.397 e. The molecule has 20 heavy (non-hydrogen) atoms. The van der Waals surface area contributed by atoms with Crippen LogP contribution in [0, 0.1) is 0 Å². The molecule has 3 rings (SSSR count). The number of anilines is 2. The van der Waals surface area contributed by atoms with Crippen LogP contribution in [0.5, 0.6) is 0 Å². The number of likely N-dealkylation sites (N-methyl/N-ethyl adjacent to an activating group) is 1. The van der Waals surface area contributed by atoms with E-state index in [-0.39, 0.29) is 5.91 Å². The molecule has 1 aromatic heterocycles. The Balaban J connectivity index is 1.61. The maximum Gasteiger partial charge on any atom is 0.263 e. The van der Waals surface area contributed by atoms with Crippen molar-refractivity contribution in [3.63, 3.8) is 0 Å². The molecular weight excluding hydrogens is 274 g/mol. The number of hydrazine groups is 1. The van der Waals surface area contributed by atoms with Gasteiger partial charge >= 0.3 is 0 Å². The van der Waals surface area contributed by atoms with E-state index in [1.165, 1.54) is 11.3 Å². The van der Waals surface area contributed by atoms with Crippen LogP contribution in [0.3, 0.4) is 0 Å². The first-order valence-electron chi connectivity index (χ1n) is 7.02. The largest absolute Gasteiger partial charge is 0.397 e. The number of nitrogens with one attached hydrogen (secondary N) is 2. The molecule has 1 aliphatic carbocycles. The Morgan fingerprint density at radius 1 is 1.35 bits per heavy atom. The van der Waals surface area contributed by atoms with E-state index in [0.717, 1.165) is 44.0 Å². The van der Waals surface area contributed by atoms with Gasteiger partial charge in [-0.05, 0) is 26.0 Å². The molecule has 0 spiro atoms. The molecule has 0 atom stereocenters. The molecule has 1 saturated heterocycles. The number of carbonyl (C=O) groups excluding carboxylic acids is 1. The van der Waals surface area contributed by atoms with Crippen LogP contribution in [0.4, 0.5) is 10.7 Å². The van der Waals surface area contributed by atoms with E-state index in [9.17, 15) is 4.79 Å². The van der Waals surface area contributed by atoms with Crippen LogP contribution in [0.2, 0.25) is 0 Å². The third kappa shape index (κ3) is 3.23. The van der Waals surface area contributed by atoms with E-state index in [0.29, 0.717) is 16.6 Å². The summed E-state index contributed by atoms with van der Waals surface area (Å²) in [6, 6.07) is 2.21. The quantitative estimate of drug-likeness (QED) is 0.766. The summed E-state index contributed by atoms with van der Waals surface area (Å²) in [5.41, 5.74) is 9.86. The number of carbonyl (C=O) groups is 1. The third-order valence-corrected chi connectivity index (χ3v) is 4.71. The average molecular weight is 295 g/mol. The van der Waals surface area contributed by atoms with Crippen molar-refractivity contribution < 1.29 is 4.79 Å². The van der Waals surface area contributed by atoms with Crippen molar-refractivity contribution in [3.05, 3.63) is 10.9 Å². The summed E-state index contributed by atoms with van der Waals surface area (Å²) in [5.74, 6) is -0.0403. The van der Waals surface area contributed by atoms with Gasteiger partial charge in [0.05, 0.1) is 5.69 Å². The Morgan fingerprint density at radius 3 is 2.70 bits per heavy atom. The van der Waals surface area contributed by atoms with Gasteiger partial charge in [0.15, 0.2) is 0 Å². The molecule has 6 nitrogen and oxygen atoms in total. The standard InChI is InChI=1S/C13H21N5OS/c1-17-4-6-18(7-5-17)16-11-8-10(14)12(20-11)13(19)15-9-2-3-9/h8-9,16H,2-7,14H2,1H3,(H,15,19). The van der Waals surface area contributed by atoms with Crippen LogP contribution in [-0.2, 0) is 0 Å². The fourth-order valence-corrected chi connectivity index (χ4v) is 3.10. The summed E-state index contributed by atoms with van der Waals surface area (Å²) < 4.78 is 0. The van der Waals surface area contributed by atoms with Gasteiger partial charge in [0, 0.05) is 32.2 Å². The summed E-state index contributed by atoms with van der Waals surface area (Å²) in [4.78, 5) is 15.0. The Morgan fingerprint density at radius 2 is 2.05 bits per heavy atom. The van der Waals surface area contributed by atoms with Crippen molar-refractivity contribution in [3.8, 4) is 0 Å². The number of amides is 1. The average Bonchev–Trinajstić information content (AvgIpc) is 3.14. The number of thiophene rings is 1. The minimum atomic E-state index is -0.0403. The fourth-order valence-electron chi connectivity index (χ4n) is 2.19. The van der Waals surface area contributed by atoms with Crippen molar-refractivity contribution in [2.75, 3.05) is 44.4 Å². The maximum absolute atomic E-state index is 12.0. The van der Waals surface area contributed by atoms with E-state index in [2.05, 4.69) is 27.7 Å². The van der Waals surface area contributed by atoms with Gasteiger partial charge in [-0.25, -0.2) is 5.01 Å². The van der Waals surface area contributed by atoms with Crippen molar-refractivity contribution in [1.29, 1.82) is 0 Å². The van der Waals surface area contributed by atoms with Gasteiger partial charge in [0.2, 0.25) is 0 Å². The smallest absolute Gasteiger partial charge is 0.263 e. The van der Waals surface area contributed by atoms with Crippen LogP contribution >= 0.6 is 11.3 Å². The van der Waals surface area contributed by atoms with Gasteiger partial charge in [-0.1, -0.05) is 0 Å². The van der Waals surface area contributed by atoms with Crippen molar-refractivity contribution in [2.45, 2.75) is 18.9 Å². The molecule has 0 bridgehead atoms. The highest BCUT2D eigenvalue weighted by Crippen LogP contribution is 2.30. The van der Waals surface area contributed by atoms with Gasteiger partial charge in [-0.2, -0.15) is 0 Å². The Hall–Kier alpha value is -1.31. The molecule has 4 N–H and O–H groups in total. The van der Waals surface area contributed by atoms with E-state index >= 15 is 0 Å². The lowest BCUT2D eigenvalue weighted by Gasteiger charge is -2.32. The van der Waals surface area contributed by atoms with Gasteiger partial charge in [0.1, 0.15) is 9.88 Å². The Labute approximate surface area is 122 Å². The summed E-state index contributed by atoms with van der Waals surface area (Å²) >= 11 is 1.43. The molecule has 2 heterocycles. The third-order valence-electron chi connectivity index (χ3n) is 3.65. The number of hydrogen-bond acceptors (Lipinski definition) is 6. The second kappa shape index (κ2) is 5.59. The van der Waals surface area contributed by atoms with E-state index < -0.39 is 0 Å². The van der Waals surface area contributed by atoms with Gasteiger partial charge in [-0.3, -0.25) is 4.79 Å². The highest BCUT2D eigenvalue weighted by molar-refractivity contribution is 7.18. The first-order valence-corrected chi connectivity index (χ1v) is 7.84. The first kappa shape index (κ1) is 13.7. The van der Waals surface area contributed by atoms with Crippen LogP contribution in [-0.4, -0.2) is 55.1 Å². The molecule has 1 aliphatic heterocycles. The van der Waals surface area contributed by atoms with E-state index in [1.54, 1.807) is 0 Å². The predicted molar refractivity (Wildman–Crippen MR) is 81.9 cm³/mol. The number of nitrogens with zero attached hydrogens (tertiary/aromatic N) is 2. The summed E-state index contributed by atoms with van der Waals surface area (Å²) in [6.45, 7) is 4.03. The SMILES string of the molecule is CN1CCN(Nc2cc(N)c(C(=O)NC3CC3)s2)CC1. The zero-order valence-corrected chi connectivity index (χ0v) is 12.5. The first-order chi connectivity index (χ1) is 9.61. The maximum atomic E-state index is 12.0. The Bertz CT molecular complexity index is 491. The normalized spacial score (nSPS) is 20.9. The molecular formula is C13H21N5OS. The molecule has 7 heteroatoms. The number of nitrogens with two attached hydrogens (primary N) is 1. The van der Waals surface area contributed by atoms with Gasteiger partial charge in [-0.15, -0.1) is 11.3 Å². The number of piperazine rings is 1. The number of rotatable bonds is 4. The van der Waals surface area contributed by atoms with Gasteiger partial charge < -0.3 is 21.4 Å². The fraction of sp³-hybridized carbons (Fsp3) is 0.615. The molecule has 0 radical (unpaired) electrons. The van der Waals surface area contributed by atoms with Crippen LogP contribution in [0.25, 0.3) is 0 Å². The monoisotopic (exact) mass is 295 g/mol.